The van der Waals surface area contributed by atoms with Crippen LogP contribution in [0.1, 0.15) is 19.8 Å². The zero-order valence-corrected chi connectivity index (χ0v) is 8.70. The van der Waals surface area contributed by atoms with Crippen LogP contribution in [0.3, 0.4) is 0 Å². The lowest BCUT2D eigenvalue weighted by atomic mass is 10.2. The number of rotatable bonds is 5. The number of nitrogens with zero attached hydrogens (tertiary/aromatic N) is 2. The molecule has 0 aliphatic rings. The third kappa shape index (κ3) is 4.04. The molecule has 3 nitrogen and oxygen atoms in total. The monoisotopic (exact) mass is 203 g/mol. The van der Waals surface area contributed by atoms with E-state index < -0.39 is 0 Å². The number of aromatic nitrogens is 2. The van der Waals surface area contributed by atoms with Crippen molar-refractivity contribution in [1.29, 1.82) is 0 Å². The van der Waals surface area contributed by atoms with Gasteiger partial charge < -0.3 is 5.73 Å². The highest BCUT2D eigenvalue weighted by atomic mass is 32.2. The Hall–Kier alpha value is -0.130. The highest BCUT2D eigenvalue weighted by molar-refractivity contribution is 8.00. The van der Waals surface area contributed by atoms with Crippen LogP contribution in [0, 0.1) is 0 Å². The van der Waals surface area contributed by atoms with E-state index in [-0.39, 0.29) is 0 Å². The topological polar surface area (TPSA) is 51.8 Å². The largest absolute Gasteiger partial charge is 0.328 e. The molecule has 0 saturated carbocycles. The summed E-state index contributed by atoms with van der Waals surface area (Å²) in [7, 11) is 0. The first-order valence-electron chi connectivity index (χ1n) is 3.93. The second kappa shape index (κ2) is 5.50. The molecule has 68 valence electrons. The van der Waals surface area contributed by atoms with Crippen molar-refractivity contribution >= 4 is 23.1 Å². The molecule has 1 heterocycles. The van der Waals surface area contributed by atoms with Crippen LogP contribution < -0.4 is 5.73 Å². The van der Waals surface area contributed by atoms with Crippen LogP contribution in [0.4, 0.5) is 0 Å². The number of thioether (sulfide) groups is 1. The first kappa shape index (κ1) is 9.95. The Morgan fingerprint density at radius 1 is 1.75 bits per heavy atom. The minimum Gasteiger partial charge on any atom is -0.328 e. The van der Waals surface area contributed by atoms with Crippen LogP contribution in [-0.2, 0) is 0 Å². The zero-order chi connectivity index (χ0) is 8.81. The van der Waals surface area contributed by atoms with Crippen LogP contribution >= 0.6 is 23.1 Å². The fraction of sp³-hybridized carbons (Fsp3) is 0.714. The van der Waals surface area contributed by atoms with Crippen molar-refractivity contribution in [2.24, 2.45) is 5.73 Å². The number of hydrogen-bond donors (Lipinski definition) is 1. The predicted octanol–water partition coefficient (Wildman–Crippen LogP) is 1.76. The van der Waals surface area contributed by atoms with Gasteiger partial charge in [0.05, 0.1) is 0 Å². The Morgan fingerprint density at radius 3 is 3.17 bits per heavy atom. The standard InChI is InChI=1S/C7H13N3S2/c1-6(8)3-2-4-11-7-10-9-5-12-7/h5-6H,2-4,8H2,1H3. The van der Waals surface area contributed by atoms with Crippen LogP contribution in [0.5, 0.6) is 0 Å². The van der Waals surface area contributed by atoms with Crippen molar-refractivity contribution in [3.63, 3.8) is 0 Å². The summed E-state index contributed by atoms with van der Waals surface area (Å²) in [4.78, 5) is 0. The van der Waals surface area contributed by atoms with Gasteiger partial charge in [0.2, 0.25) is 0 Å². The molecule has 12 heavy (non-hydrogen) atoms. The molecule has 1 aromatic rings. The first-order chi connectivity index (χ1) is 5.79. The fourth-order valence-electron chi connectivity index (χ4n) is 0.791. The highest BCUT2D eigenvalue weighted by Gasteiger charge is 1.98. The molecule has 0 spiro atoms. The molecule has 5 heteroatoms. The van der Waals surface area contributed by atoms with E-state index in [0.29, 0.717) is 6.04 Å². The average molecular weight is 203 g/mol. The molecule has 0 aliphatic heterocycles. The van der Waals surface area contributed by atoms with Crippen LogP contribution in [0.25, 0.3) is 0 Å². The minimum absolute atomic E-state index is 0.319. The Morgan fingerprint density at radius 2 is 2.58 bits per heavy atom. The van der Waals surface area contributed by atoms with E-state index in [1.165, 1.54) is 0 Å². The zero-order valence-electron chi connectivity index (χ0n) is 7.06. The summed E-state index contributed by atoms with van der Waals surface area (Å²) >= 11 is 3.35. The van der Waals surface area contributed by atoms with Crippen molar-refractivity contribution in [1.82, 2.24) is 10.2 Å². The van der Waals surface area contributed by atoms with Crippen molar-refractivity contribution in [3.8, 4) is 0 Å². The van der Waals surface area contributed by atoms with Gasteiger partial charge in [0, 0.05) is 11.8 Å². The summed E-state index contributed by atoms with van der Waals surface area (Å²) in [6.45, 7) is 2.04. The van der Waals surface area contributed by atoms with E-state index in [1.54, 1.807) is 28.6 Å². The minimum atomic E-state index is 0.319. The Bertz CT molecular complexity index is 198. The third-order valence-corrected chi connectivity index (χ3v) is 3.32. The van der Waals surface area contributed by atoms with Gasteiger partial charge >= 0.3 is 0 Å². The van der Waals surface area contributed by atoms with Crippen molar-refractivity contribution in [2.45, 2.75) is 30.1 Å². The first-order valence-corrected chi connectivity index (χ1v) is 5.80. The summed E-state index contributed by atoms with van der Waals surface area (Å²) in [5, 5.41) is 7.69. The Labute approximate surface area is 80.8 Å². The summed E-state index contributed by atoms with van der Waals surface area (Å²) in [6, 6.07) is 0.319. The van der Waals surface area contributed by atoms with Gasteiger partial charge in [-0.1, -0.05) is 23.1 Å². The van der Waals surface area contributed by atoms with Crippen molar-refractivity contribution in [2.75, 3.05) is 5.75 Å². The Kier molecular flexibility index (Phi) is 4.57. The van der Waals surface area contributed by atoms with E-state index in [1.807, 2.05) is 6.92 Å². The lowest BCUT2D eigenvalue weighted by Gasteiger charge is -2.01. The SMILES string of the molecule is CC(N)CCCSc1nncs1. The molecule has 0 radical (unpaired) electrons. The molecular formula is C7H13N3S2. The second-order valence-corrected chi connectivity index (χ2v) is 4.85. The van der Waals surface area contributed by atoms with E-state index >= 15 is 0 Å². The molecular weight excluding hydrogens is 190 g/mol. The molecule has 0 amide bonds. The van der Waals surface area contributed by atoms with E-state index in [0.717, 1.165) is 22.9 Å². The maximum absolute atomic E-state index is 5.62. The van der Waals surface area contributed by atoms with Crippen LogP contribution in [-0.4, -0.2) is 22.0 Å². The van der Waals surface area contributed by atoms with Gasteiger partial charge in [0.25, 0.3) is 0 Å². The Balaban J connectivity index is 2.04. The maximum atomic E-state index is 5.62. The summed E-state index contributed by atoms with van der Waals surface area (Å²) in [6.07, 6.45) is 2.24. The maximum Gasteiger partial charge on any atom is 0.174 e. The predicted molar refractivity (Wildman–Crippen MR) is 53.5 cm³/mol. The van der Waals surface area contributed by atoms with E-state index in [4.69, 9.17) is 5.73 Å². The molecule has 0 saturated heterocycles. The van der Waals surface area contributed by atoms with Gasteiger partial charge in [0.15, 0.2) is 4.34 Å². The molecule has 1 atom stereocenters. The van der Waals surface area contributed by atoms with Crippen LogP contribution in [0.2, 0.25) is 0 Å². The molecule has 0 aromatic carbocycles. The fourth-order valence-corrected chi connectivity index (χ4v) is 2.31. The normalized spacial score (nSPS) is 13.2. The lowest BCUT2D eigenvalue weighted by Crippen LogP contribution is -2.14. The van der Waals surface area contributed by atoms with Gasteiger partial charge in [-0.15, -0.1) is 10.2 Å². The van der Waals surface area contributed by atoms with Crippen molar-refractivity contribution < 1.29 is 0 Å². The van der Waals surface area contributed by atoms with Gasteiger partial charge in [-0.2, -0.15) is 0 Å². The summed E-state index contributed by atoms with van der Waals surface area (Å²) < 4.78 is 1.06. The van der Waals surface area contributed by atoms with E-state index in [9.17, 15) is 0 Å². The third-order valence-electron chi connectivity index (χ3n) is 1.37. The van der Waals surface area contributed by atoms with E-state index in [2.05, 4.69) is 10.2 Å². The van der Waals surface area contributed by atoms with Crippen molar-refractivity contribution in [3.05, 3.63) is 5.51 Å². The van der Waals surface area contributed by atoms with Crippen LogP contribution in [0.15, 0.2) is 9.85 Å². The molecule has 0 aliphatic carbocycles. The number of nitrogens with two attached hydrogens (primary N) is 1. The molecule has 1 unspecified atom stereocenters. The summed E-state index contributed by atoms with van der Waals surface area (Å²) in [5.74, 6) is 1.09. The number of hydrogen-bond acceptors (Lipinski definition) is 5. The lowest BCUT2D eigenvalue weighted by molar-refractivity contribution is 0.656. The molecule has 0 fully saturated rings. The summed E-state index contributed by atoms with van der Waals surface area (Å²) in [5.41, 5.74) is 7.38. The molecule has 1 rings (SSSR count). The van der Waals surface area contributed by atoms with Gasteiger partial charge in [0.1, 0.15) is 5.51 Å². The molecule has 2 N–H and O–H groups in total. The molecule has 1 aromatic heterocycles. The smallest absolute Gasteiger partial charge is 0.174 e. The van der Waals surface area contributed by atoms with Gasteiger partial charge in [-0.3, -0.25) is 0 Å². The second-order valence-electron chi connectivity index (χ2n) is 2.67. The van der Waals surface area contributed by atoms with Gasteiger partial charge in [-0.25, -0.2) is 0 Å². The van der Waals surface area contributed by atoms with Gasteiger partial charge in [-0.05, 0) is 19.8 Å². The quantitative estimate of drug-likeness (QED) is 0.585. The highest BCUT2D eigenvalue weighted by Crippen LogP contribution is 2.20. The average Bonchev–Trinajstić information content (AvgIpc) is 2.49. The molecule has 0 bridgehead atoms.